The third-order valence-corrected chi connectivity index (χ3v) is 8.20. The second-order valence-electron chi connectivity index (χ2n) is 11.3. The standard InChI is InChI=1S/C25H17NO3.C17H12ClNO3/c27-25(28)22-16-20(15-14-18-8-3-1-4-9-18)21-12-7-13-23(24(21)26-22)29-17-19-10-5-2-6-11-19;1-9-14(10-5-7-11(18)8-6-10)12-3-2-4-13(20)16(12)19-15(9)17(21)22/h1-13,16H,17H2,(H,27,28);2-8,20H,1H3,(H,21,22). The van der Waals surface area contributed by atoms with Crippen LogP contribution in [0.25, 0.3) is 32.9 Å². The van der Waals surface area contributed by atoms with E-state index in [9.17, 15) is 24.9 Å². The number of para-hydroxylation sites is 2. The Kier molecular flexibility index (Phi) is 10.2. The van der Waals surface area contributed by atoms with Gasteiger partial charge < -0.3 is 20.1 Å². The van der Waals surface area contributed by atoms with Crippen LogP contribution in [-0.4, -0.2) is 37.2 Å². The number of ether oxygens (including phenoxy) is 1. The number of halogens is 1. The lowest BCUT2D eigenvalue weighted by molar-refractivity contribution is 0.0680. The molecule has 0 saturated carbocycles. The molecule has 0 bridgehead atoms. The SMILES string of the molecule is Cc1c(C(=O)O)nc2c(O)cccc2c1-c1ccc(Cl)cc1.O=C(O)c1cc(C#Cc2ccccc2)c2cccc(OCc3ccccc3)c2n1. The number of carboxylic acid groups (broad SMARTS) is 2. The molecule has 5 aromatic carbocycles. The molecule has 7 rings (SSSR count). The summed E-state index contributed by atoms with van der Waals surface area (Å²) in [4.78, 5) is 31.5. The lowest BCUT2D eigenvalue weighted by Gasteiger charge is -2.13. The van der Waals surface area contributed by atoms with Crippen molar-refractivity contribution in [2.75, 3.05) is 0 Å². The molecule has 3 N–H and O–H groups in total. The van der Waals surface area contributed by atoms with Crippen LogP contribution in [0.1, 0.15) is 43.2 Å². The van der Waals surface area contributed by atoms with E-state index in [0.717, 1.165) is 27.6 Å². The van der Waals surface area contributed by atoms with Gasteiger partial charge in [-0.3, -0.25) is 0 Å². The summed E-state index contributed by atoms with van der Waals surface area (Å²) < 4.78 is 5.95. The fourth-order valence-electron chi connectivity index (χ4n) is 5.51. The van der Waals surface area contributed by atoms with Crippen molar-refractivity contribution in [1.82, 2.24) is 9.97 Å². The van der Waals surface area contributed by atoms with Crippen molar-refractivity contribution in [3.63, 3.8) is 0 Å². The number of hydrogen-bond donors (Lipinski definition) is 3. The zero-order valence-corrected chi connectivity index (χ0v) is 27.9. The summed E-state index contributed by atoms with van der Waals surface area (Å²) in [6, 6.07) is 38.5. The number of rotatable bonds is 6. The zero-order valence-electron chi connectivity index (χ0n) is 27.2. The van der Waals surface area contributed by atoms with Gasteiger partial charge in [0.25, 0.3) is 0 Å². The molecule has 2 heterocycles. The summed E-state index contributed by atoms with van der Waals surface area (Å²) in [5.41, 5.74) is 5.20. The molecule has 0 aliphatic rings. The molecule has 250 valence electrons. The van der Waals surface area contributed by atoms with Crippen LogP contribution in [0.15, 0.2) is 127 Å². The van der Waals surface area contributed by atoms with Gasteiger partial charge in [0, 0.05) is 26.9 Å². The average molecular weight is 693 g/mol. The van der Waals surface area contributed by atoms with E-state index in [-0.39, 0.29) is 22.7 Å². The molecule has 0 aliphatic carbocycles. The second kappa shape index (κ2) is 15.2. The van der Waals surface area contributed by atoms with Gasteiger partial charge in [0.05, 0.1) is 0 Å². The topological polar surface area (TPSA) is 130 Å². The lowest BCUT2D eigenvalue weighted by atomic mass is 9.95. The zero-order chi connectivity index (χ0) is 35.9. The minimum atomic E-state index is -1.13. The van der Waals surface area contributed by atoms with Crippen LogP contribution < -0.4 is 4.74 Å². The smallest absolute Gasteiger partial charge is 0.354 e. The fourth-order valence-corrected chi connectivity index (χ4v) is 5.64. The van der Waals surface area contributed by atoms with Crippen molar-refractivity contribution in [2.45, 2.75) is 13.5 Å². The molecule has 0 fully saturated rings. The van der Waals surface area contributed by atoms with Gasteiger partial charge in [-0.2, -0.15) is 0 Å². The first-order valence-corrected chi connectivity index (χ1v) is 16.1. The summed E-state index contributed by atoms with van der Waals surface area (Å²) in [7, 11) is 0. The van der Waals surface area contributed by atoms with Gasteiger partial charge in [-0.25, -0.2) is 19.6 Å². The maximum atomic E-state index is 11.6. The second-order valence-corrected chi connectivity index (χ2v) is 11.8. The number of aromatic hydroxyl groups is 1. The highest BCUT2D eigenvalue weighted by molar-refractivity contribution is 6.30. The third kappa shape index (κ3) is 7.81. The lowest BCUT2D eigenvalue weighted by Crippen LogP contribution is -2.06. The molecule has 9 heteroatoms. The van der Waals surface area contributed by atoms with Crippen molar-refractivity contribution in [3.8, 4) is 34.5 Å². The Labute approximate surface area is 298 Å². The van der Waals surface area contributed by atoms with Gasteiger partial charge in [-0.15, -0.1) is 0 Å². The van der Waals surface area contributed by atoms with E-state index in [4.69, 9.17) is 16.3 Å². The van der Waals surface area contributed by atoms with Crippen LogP contribution in [-0.2, 0) is 6.61 Å². The Balaban J connectivity index is 0.000000183. The summed E-state index contributed by atoms with van der Waals surface area (Å²) in [5.74, 6) is 4.42. The van der Waals surface area contributed by atoms with Gasteiger partial charge in [-0.05, 0) is 71.6 Å². The highest BCUT2D eigenvalue weighted by Crippen LogP contribution is 2.36. The molecule has 2 aromatic heterocycles. The maximum absolute atomic E-state index is 11.6. The monoisotopic (exact) mass is 692 g/mol. The quantitative estimate of drug-likeness (QED) is 0.147. The first kappa shape index (κ1) is 34.2. The number of fused-ring (bicyclic) bond motifs is 2. The number of aromatic carboxylic acids is 2. The van der Waals surface area contributed by atoms with Crippen LogP contribution in [0.4, 0.5) is 0 Å². The van der Waals surface area contributed by atoms with Crippen LogP contribution in [0.2, 0.25) is 5.02 Å². The van der Waals surface area contributed by atoms with Gasteiger partial charge in [0.15, 0.2) is 5.69 Å². The van der Waals surface area contributed by atoms with E-state index in [1.807, 2.05) is 91.0 Å². The van der Waals surface area contributed by atoms with Crippen molar-refractivity contribution >= 4 is 45.3 Å². The molecule has 0 aliphatic heterocycles. The molecule has 51 heavy (non-hydrogen) atoms. The maximum Gasteiger partial charge on any atom is 0.354 e. The average Bonchev–Trinajstić information content (AvgIpc) is 3.14. The van der Waals surface area contributed by atoms with Crippen molar-refractivity contribution in [2.24, 2.45) is 0 Å². The predicted molar refractivity (Wildman–Crippen MR) is 197 cm³/mol. The van der Waals surface area contributed by atoms with Gasteiger partial charge >= 0.3 is 11.9 Å². The van der Waals surface area contributed by atoms with E-state index >= 15 is 0 Å². The molecule has 0 spiro atoms. The Morgan fingerprint density at radius 3 is 2.08 bits per heavy atom. The highest BCUT2D eigenvalue weighted by atomic mass is 35.5. The number of hydrogen-bond acceptors (Lipinski definition) is 6. The minimum Gasteiger partial charge on any atom is -0.506 e. The molecule has 7 aromatic rings. The molecule has 0 radical (unpaired) electrons. The van der Waals surface area contributed by atoms with Gasteiger partial charge in [-0.1, -0.05) is 108 Å². The fraction of sp³-hybridized carbons (Fsp3) is 0.0476. The first-order chi connectivity index (χ1) is 24.7. The number of phenols is 1. The van der Waals surface area contributed by atoms with Crippen LogP contribution in [0.3, 0.4) is 0 Å². The molecule has 0 amide bonds. The Hall–Kier alpha value is -6.69. The van der Waals surface area contributed by atoms with Crippen molar-refractivity contribution in [3.05, 3.63) is 166 Å². The van der Waals surface area contributed by atoms with E-state index in [2.05, 4.69) is 21.8 Å². The highest BCUT2D eigenvalue weighted by Gasteiger charge is 2.19. The van der Waals surface area contributed by atoms with Gasteiger partial charge in [0.1, 0.15) is 34.8 Å². The number of benzene rings is 5. The predicted octanol–water partition coefficient (Wildman–Crippen LogP) is 9.18. The summed E-state index contributed by atoms with van der Waals surface area (Å²) in [6.45, 7) is 2.08. The third-order valence-electron chi connectivity index (χ3n) is 7.95. The van der Waals surface area contributed by atoms with Crippen LogP contribution >= 0.6 is 11.6 Å². The first-order valence-electron chi connectivity index (χ1n) is 15.7. The van der Waals surface area contributed by atoms with E-state index < -0.39 is 11.9 Å². The van der Waals surface area contributed by atoms with Crippen LogP contribution in [0, 0.1) is 18.8 Å². The number of carboxylic acids is 2. The Morgan fingerprint density at radius 1 is 0.725 bits per heavy atom. The Morgan fingerprint density at radius 2 is 1.39 bits per heavy atom. The molecule has 0 atom stereocenters. The van der Waals surface area contributed by atoms with E-state index in [0.29, 0.717) is 39.4 Å². The number of nitrogens with zero attached hydrogens (tertiary/aromatic N) is 2. The van der Waals surface area contributed by atoms with Crippen LogP contribution in [0.5, 0.6) is 11.5 Å². The molecule has 0 unspecified atom stereocenters. The summed E-state index contributed by atoms with van der Waals surface area (Å²) in [6.07, 6.45) is 0. The molecular weight excluding hydrogens is 664 g/mol. The summed E-state index contributed by atoms with van der Waals surface area (Å²) in [5, 5.41) is 30.9. The van der Waals surface area contributed by atoms with Gasteiger partial charge in [0.2, 0.25) is 0 Å². The van der Waals surface area contributed by atoms with Crippen molar-refractivity contribution < 1.29 is 29.6 Å². The molecular formula is C42H29ClN2O6. The normalized spacial score (nSPS) is 10.5. The number of carbonyl (C=O) groups is 2. The largest absolute Gasteiger partial charge is 0.506 e. The molecule has 8 nitrogen and oxygen atoms in total. The number of pyridine rings is 2. The van der Waals surface area contributed by atoms with Crippen molar-refractivity contribution in [1.29, 1.82) is 0 Å². The minimum absolute atomic E-state index is 0.0461. The number of phenolic OH excluding ortho intramolecular Hbond substituents is 1. The Bertz CT molecular complexity index is 2460. The summed E-state index contributed by atoms with van der Waals surface area (Å²) >= 11 is 5.92. The van der Waals surface area contributed by atoms with E-state index in [1.165, 1.54) is 12.1 Å². The number of aromatic nitrogens is 2. The van der Waals surface area contributed by atoms with E-state index in [1.54, 1.807) is 31.2 Å². The molecule has 0 saturated heterocycles.